The van der Waals surface area contributed by atoms with Gasteiger partial charge >= 0.3 is 0 Å². The number of nitrogens with zero attached hydrogens (tertiary/aromatic N) is 1. The molecule has 0 saturated heterocycles. The molecule has 1 aromatic heterocycles. The number of carbonyl (C=O) groups excluding carboxylic acids is 1. The molecule has 104 valence electrons. The van der Waals surface area contributed by atoms with Crippen molar-refractivity contribution in [2.24, 2.45) is 0 Å². The molecule has 3 rings (SSSR count). The number of amides is 1. The number of rotatable bonds is 3. The van der Waals surface area contributed by atoms with Crippen molar-refractivity contribution in [2.45, 2.75) is 20.5 Å². The van der Waals surface area contributed by atoms with Crippen molar-refractivity contribution < 1.29 is 9.53 Å². The lowest BCUT2D eigenvalue weighted by Crippen LogP contribution is -2.30. The molecule has 1 aliphatic heterocycles. The van der Waals surface area contributed by atoms with Crippen LogP contribution < -0.4 is 4.74 Å². The van der Waals surface area contributed by atoms with Crippen LogP contribution in [0.25, 0.3) is 11.3 Å². The first kappa shape index (κ1) is 12.8. The summed E-state index contributed by atoms with van der Waals surface area (Å²) in [5, 5.41) is 0. The van der Waals surface area contributed by atoms with Gasteiger partial charge in [-0.3, -0.25) is 4.79 Å². The highest BCUT2D eigenvalue weighted by Gasteiger charge is 2.23. The molecule has 0 aliphatic carbocycles. The second-order valence-corrected chi connectivity index (χ2v) is 4.85. The predicted octanol–water partition coefficient (Wildman–Crippen LogP) is 3.06. The Hall–Kier alpha value is -2.23. The highest BCUT2D eigenvalue weighted by molar-refractivity contribution is 5.94. The quantitative estimate of drug-likeness (QED) is 0.931. The maximum absolute atomic E-state index is 12.4. The highest BCUT2D eigenvalue weighted by Crippen LogP contribution is 2.37. The van der Waals surface area contributed by atoms with Crippen molar-refractivity contribution in [3.05, 3.63) is 41.6 Å². The van der Waals surface area contributed by atoms with Crippen LogP contribution in [0.2, 0.25) is 0 Å². The topological polar surface area (TPSA) is 45.3 Å². The fourth-order valence-corrected chi connectivity index (χ4v) is 2.60. The summed E-state index contributed by atoms with van der Waals surface area (Å²) in [5.74, 6) is 0.908. The third-order valence-corrected chi connectivity index (χ3v) is 3.72. The van der Waals surface area contributed by atoms with E-state index in [1.165, 1.54) is 0 Å². The third-order valence-electron chi connectivity index (χ3n) is 3.72. The van der Waals surface area contributed by atoms with Crippen LogP contribution in [-0.2, 0) is 6.61 Å². The van der Waals surface area contributed by atoms with Gasteiger partial charge in [-0.25, -0.2) is 0 Å². The number of aromatic nitrogens is 1. The number of fused-ring (bicyclic) bond motifs is 3. The molecule has 0 radical (unpaired) electrons. The molecule has 0 atom stereocenters. The SMILES string of the molecule is CCN(CC)C(=O)c1cc2c([nH]1)-c1ccccc1OC2. The molecule has 20 heavy (non-hydrogen) atoms. The van der Waals surface area contributed by atoms with E-state index >= 15 is 0 Å². The van der Waals surface area contributed by atoms with E-state index in [1.54, 1.807) is 0 Å². The summed E-state index contributed by atoms with van der Waals surface area (Å²) in [4.78, 5) is 17.5. The maximum atomic E-state index is 12.4. The molecule has 4 heteroatoms. The van der Waals surface area contributed by atoms with Crippen LogP contribution in [0.5, 0.6) is 5.75 Å². The van der Waals surface area contributed by atoms with E-state index in [2.05, 4.69) is 4.98 Å². The van der Waals surface area contributed by atoms with Crippen LogP contribution in [0.3, 0.4) is 0 Å². The van der Waals surface area contributed by atoms with Gasteiger partial charge < -0.3 is 14.6 Å². The Morgan fingerprint density at radius 2 is 2.05 bits per heavy atom. The minimum Gasteiger partial charge on any atom is -0.488 e. The lowest BCUT2D eigenvalue weighted by atomic mass is 10.1. The van der Waals surface area contributed by atoms with Crippen molar-refractivity contribution in [3.63, 3.8) is 0 Å². The van der Waals surface area contributed by atoms with Crippen LogP contribution >= 0.6 is 0 Å². The number of ether oxygens (including phenoxy) is 1. The number of aromatic amines is 1. The number of hydrogen-bond acceptors (Lipinski definition) is 2. The van der Waals surface area contributed by atoms with Crippen molar-refractivity contribution >= 4 is 5.91 Å². The zero-order valence-electron chi connectivity index (χ0n) is 11.8. The van der Waals surface area contributed by atoms with E-state index in [0.717, 1.165) is 22.6 Å². The molecule has 0 fully saturated rings. The number of para-hydroxylation sites is 1. The van der Waals surface area contributed by atoms with Crippen LogP contribution in [-0.4, -0.2) is 28.9 Å². The van der Waals surface area contributed by atoms with Gasteiger partial charge in [0.2, 0.25) is 0 Å². The largest absolute Gasteiger partial charge is 0.488 e. The second-order valence-electron chi connectivity index (χ2n) is 4.85. The first-order valence-electron chi connectivity index (χ1n) is 6.98. The number of hydrogen-bond donors (Lipinski definition) is 1. The van der Waals surface area contributed by atoms with Gasteiger partial charge in [-0.1, -0.05) is 12.1 Å². The van der Waals surface area contributed by atoms with Crippen LogP contribution in [0.1, 0.15) is 29.9 Å². The van der Waals surface area contributed by atoms with Crippen molar-refractivity contribution in [2.75, 3.05) is 13.1 Å². The summed E-state index contributed by atoms with van der Waals surface area (Å²) in [6.45, 7) is 5.91. The van der Waals surface area contributed by atoms with Gasteiger partial charge in [0, 0.05) is 24.2 Å². The Balaban J connectivity index is 2.00. The van der Waals surface area contributed by atoms with Crippen LogP contribution in [0.15, 0.2) is 30.3 Å². The molecule has 0 unspecified atom stereocenters. The minimum atomic E-state index is 0.0434. The number of carbonyl (C=O) groups is 1. The fourth-order valence-electron chi connectivity index (χ4n) is 2.60. The molecule has 2 aromatic rings. The zero-order chi connectivity index (χ0) is 14.1. The molecule has 1 aromatic carbocycles. The molecule has 1 aliphatic rings. The van der Waals surface area contributed by atoms with E-state index < -0.39 is 0 Å². The Kier molecular flexibility index (Phi) is 3.22. The Morgan fingerprint density at radius 1 is 1.30 bits per heavy atom. The molecule has 4 nitrogen and oxygen atoms in total. The first-order valence-corrected chi connectivity index (χ1v) is 6.98. The monoisotopic (exact) mass is 270 g/mol. The molecule has 1 amide bonds. The van der Waals surface area contributed by atoms with Gasteiger partial charge in [0.05, 0.1) is 5.69 Å². The summed E-state index contributed by atoms with van der Waals surface area (Å²) in [7, 11) is 0. The molecular weight excluding hydrogens is 252 g/mol. The van der Waals surface area contributed by atoms with Gasteiger partial charge in [-0.2, -0.15) is 0 Å². The zero-order valence-corrected chi connectivity index (χ0v) is 11.8. The second kappa shape index (κ2) is 5.04. The fraction of sp³-hybridized carbons (Fsp3) is 0.312. The smallest absolute Gasteiger partial charge is 0.270 e. The highest BCUT2D eigenvalue weighted by atomic mass is 16.5. The van der Waals surface area contributed by atoms with E-state index in [4.69, 9.17) is 4.74 Å². The summed E-state index contributed by atoms with van der Waals surface area (Å²) >= 11 is 0. The number of benzene rings is 1. The minimum absolute atomic E-state index is 0.0434. The summed E-state index contributed by atoms with van der Waals surface area (Å²) < 4.78 is 5.71. The third kappa shape index (κ3) is 1.97. The van der Waals surface area contributed by atoms with Crippen LogP contribution in [0, 0.1) is 0 Å². The summed E-state index contributed by atoms with van der Waals surface area (Å²) in [5.41, 5.74) is 3.70. The van der Waals surface area contributed by atoms with Gasteiger partial charge in [0.25, 0.3) is 5.91 Å². The van der Waals surface area contributed by atoms with E-state index in [0.29, 0.717) is 25.4 Å². The van der Waals surface area contributed by atoms with E-state index in [1.807, 2.05) is 49.1 Å². The van der Waals surface area contributed by atoms with E-state index in [-0.39, 0.29) is 5.91 Å². The Bertz CT molecular complexity index is 642. The molecule has 0 spiro atoms. The molecule has 1 N–H and O–H groups in total. The number of H-pyrrole nitrogens is 1. The average Bonchev–Trinajstić information content (AvgIpc) is 2.93. The molecular formula is C16H18N2O2. The predicted molar refractivity (Wildman–Crippen MR) is 77.8 cm³/mol. The maximum Gasteiger partial charge on any atom is 0.270 e. The summed E-state index contributed by atoms with van der Waals surface area (Å²) in [6.07, 6.45) is 0. The summed E-state index contributed by atoms with van der Waals surface area (Å²) in [6, 6.07) is 9.80. The van der Waals surface area contributed by atoms with Crippen molar-refractivity contribution in [1.82, 2.24) is 9.88 Å². The van der Waals surface area contributed by atoms with Crippen molar-refractivity contribution in [3.8, 4) is 17.0 Å². The van der Waals surface area contributed by atoms with Crippen molar-refractivity contribution in [1.29, 1.82) is 0 Å². The lowest BCUT2D eigenvalue weighted by molar-refractivity contribution is 0.0768. The molecule has 0 saturated carbocycles. The first-order chi connectivity index (χ1) is 9.74. The van der Waals surface area contributed by atoms with E-state index in [9.17, 15) is 4.79 Å². The van der Waals surface area contributed by atoms with Gasteiger partial charge in [0.15, 0.2) is 0 Å². The standard InChI is InChI=1S/C16H18N2O2/c1-3-18(4-2)16(19)13-9-11-10-20-14-8-6-5-7-12(14)15(11)17-13/h5-9,17H,3-4,10H2,1-2H3. The average molecular weight is 270 g/mol. The normalized spacial score (nSPS) is 12.3. The van der Waals surface area contributed by atoms with Gasteiger partial charge in [-0.05, 0) is 32.0 Å². The van der Waals surface area contributed by atoms with Crippen LogP contribution in [0.4, 0.5) is 0 Å². The number of nitrogens with one attached hydrogen (secondary N) is 1. The van der Waals surface area contributed by atoms with Gasteiger partial charge in [0.1, 0.15) is 18.1 Å². The Morgan fingerprint density at radius 3 is 2.80 bits per heavy atom. The lowest BCUT2D eigenvalue weighted by Gasteiger charge is -2.17. The Labute approximate surface area is 118 Å². The van der Waals surface area contributed by atoms with Gasteiger partial charge in [-0.15, -0.1) is 0 Å². The molecule has 0 bridgehead atoms. The molecule has 2 heterocycles.